The molecule has 1 fully saturated rings. The van der Waals surface area contributed by atoms with Gasteiger partial charge in [0.15, 0.2) is 5.78 Å². The highest BCUT2D eigenvalue weighted by Crippen LogP contribution is 2.28. The minimum Gasteiger partial charge on any atom is -0.496 e. The van der Waals surface area contributed by atoms with E-state index in [9.17, 15) is 4.79 Å². The van der Waals surface area contributed by atoms with Gasteiger partial charge < -0.3 is 4.74 Å². The number of thioether (sulfide) groups is 1. The van der Waals surface area contributed by atoms with Crippen LogP contribution in [0.3, 0.4) is 0 Å². The normalized spacial score (nSPS) is 14.9. The molecule has 0 atom stereocenters. The minimum atomic E-state index is 0.0229. The van der Waals surface area contributed by atoms with Gasteiger partial charge in [0.05, 0.1) is 18.4 Å². The van der Waals surface area contributed by atoms with Crippen LogP contribution in [0.15, 0.2) is 29.4 Å². The van der Waals surface area contributed by atoms with Crippen molar-refractivity contribution in [2.75, 3.05) is 12.9 Å². The Kier molecular flexibility index (Phi) is 5.91. The fourth-order valence-corrected chi connectivity index (χ4v) is 3.88. The highest BCUT2D eigenvalue weighted by atomic mass is 32.2. The summed E-state index contributed by atoms with van der Waals surface area (Å²) >= 11 is 1.36. The monoisotopic (exact) mass is 345 g/mol. The number of nitrogens with zero attached hydrogens (tertiary/aromatic N) is 2. The fraction of sp³-hybridized carbons (Fsp3) is 0.500. The van der Waals surface area contributed by atoms with Gasteiger partial charge in [0.2, 0.25) is 5.16 Å². The van der Waals surface area contributed by atoms with E-state index >= 15 is 0 Å². The molecular formula is C18H23N3O2S. The van der Waals surface area contributed by atoms with Crippen molar-refractivity contribution in [1.29, 1.82) is 0 Å². The van der Waals surface area contributed by atoms with Gasteiger partial charge in [-0.1, -0.05) is 49.6 Å². The van der Waals surface area contributed by atoms with Gasteiger partial charge in [0.25, 0.3) is 0 Å². The van der Waals surface area contributed by atoms with Crippen LogP contribution in [0.1, 0.15) is 48.3 Å². The Morgan fingerprint density at radius 1 is 1.33 bits per heavy atom. The lowest BCUT2D eigenvalue weighted by molar-refractivity contribution is 0.101. The van der Waals surface area contributed by atoms with Gasteiger partial charge in [-0.25, -0.2) is 4.98 Å². The van der Waals surface area contributed by atoms with Crippen LogP contribution in [0.25, 0.3) is 0 Å². The summed E-state index contributed by atoms with van der Waals surface area (Å²) in [6.07, 6.45) is 7.56. The zero-order chi connectivity index (χ0) is 16.8. The predicted octanol–water partition coefficient (Wildman–Crippen LogP) is 3.91. The second kappa shape index (κ2) is 8.33. The molecule has 2 aromatic rings. The van der Waals surface area contributed by atoms with Crippen molar-refractivity contribution in [3.05, 3.63) is 35.7 Å². The molecule has 24 heavy (non-hydrogen) atoms. The Bertz CT molecular complexity index is 680. The number of H-pyrrole nitrogens is 1. The number of aryl methyl sites for hydroxylation is 1. The highest BCUT2D eigenvalue weighted by molar-refractivity contribution is 7.99. The first kappa shape index (κ1) is 17.0. The van der Waals surface area contributed by atoms with Crippen LogP contribution < -0.4 is 4.74 Å². The number of ketones is 1. The number of rotatable bonds is 8. The van der Waals surface area contributed by atoms with Crippen molar-refractivity contribution in [2.45, 2.75) is 43.7 Å². The zero-order valence-corrected chi connectivity index (χ0v) is 14.8. The molecule has 1 saturated carbocycles. The van der Waals surface area contributed by atoms with E-state index in [0.717, 1.165) is 18.2 Å². The molecule has 3 rings (SSSR count). The molecule has 6 heteroatoms. The predicted molar refractivity (Wildman–Crippen MR) is 94.7 cm³/mol. The third kappa shape index (κ3) is 4.38. The molecule has 1 N–H and O–H groups in total. The number of aromatic nitrogens is 3. The number of nitrogens with one attached hydrogen (secondary N) is 1. The number of carbonyl (C=O) groups is 1. The second-order valence-electron chi connectivity index (χ2n) is 6.17. The smallest absolute Gasteiger partial charge is 0.208 e. The van der Waals surface area contributed by atoms with Crippen molar-refractivity contribution in [1.82, 2.24) is 15.2 Å². The number of methoxy groups -OCH3 is 1. The first-order valence-corrected chi connectivity index (χ1v) is 9.45. The molecule has 128 valence electrons. The molecule has 0 radical (unpaired) electrons. The Morgan fingerprint density at radius 3 is 2.92 bits per heavy atom. The van der Waals surface area contributed by atoms with Crippen LogP contribution in [-0.4, -0.2) is 33.8 Å². The average molecular weight is 345 g/mol. The average Bonchev–Trinajstić information content (AvgIpc) is 3.29. The molecule has 1 aliphatic rings. The molecule has 1 aromatic heterocycles. The maximum atomic E-state index is 12.3. The number of aromatic amines is 1. The summed E-state index contributed by atoms with van der Waals surface area (Å²) in [5.41, 5.74) is 0.601. The molecule has 0 unspecified atom stereocenters. The van der Waals surface area contributed by atoms with E-state index in [1.165, 1.54) is 43.9 Å². The molecular weight excluding hydrogens is 322 g/mol. The number of ether oxygens (including phenoxy) is 1. The van der Waals surface area contributed by atoms with Gasteiger partial charge in [-0.3, -0.25) is 9.89 Å². The Balaban J connectivity index is 1.50. The van der Waals surface area contributed by atoms with Crippen LogP contribution in [0.4, 0.5) is 0 Å². The van der Waals surface area contributed by atoms with Crippen LogP contribution in [0.2, 0.25) is 0 Å². The molecule has 5 nitrogen and oxygen atoms in total. The summed E-state index contributed by atoms with van der Waals surface area (Å²) < 4.78 is 5.24. The highest BCUT2D eigenvalue weighted by Gasteiger charge is 2.16. The zero-order valence-electron chi connectivity index (χ0n) is 14.0. The van der Waals surface area contributed by atoms with Crippen molar-refractivity contribution < 1.29 is 9.53 Å². The van der Waals surface area contributed by atoms with Gasteiger partial charge in [0, 0.05) is 6.42 Å². The van der Waals surface area contributed by atoms with E-state index in [2.05, 4.69) is 15.2 Å². The standard InChI is InChI=1S/C18H23N3O2S/c1-23-16-9-5-4-8-14(16)15(22)12-24-18-19-17(20-21-18)11-10-13-6-2-3-7-13/h4-5,8-9,13H,2-3,6-7,10-12H2,1H3,(H,19,20,21). The molecule has 1 aromatic carbocycles. The summed E-state index contributed by atoms with van der Waals surface area (Å²) in [7, 11) is 1.57. The van der Waals surface area contributed by atoms with Crippen molar-refractivity contribution in [3.63, 3.8) is 0 Å². The van der Waals surface area contributed by atoms with Gasteiger partial charge in [-0.15, -0.1) is 5.10 Å². The summed E-state index contributed by atoms with van der Waals surface area (Å²) in [4.78, 5) is 16.8. The summed E-state index contributed by atoms with van der Waals surface area (Å²) in [6, 6.07) is 7.28. The molecule has 0 bridgehead atoms. The van der Waals surface area contributed by atoms with Gasteiger partial charge in [-0.2, -0.15) is 0 Å². The summed E-state index contributed by atoms with van der Waals surface area (Å²) in [5.74, 6) is 2.71. The molecule has 0 spiro atoms. The van der Waals surface area contributed by atoms with Crippen molar-refractivity contribution >= 4 is 17.5 Å². The quantitative estimate of drug-likeness (QED) is 0.580. The minimum absolute atomic E-state index is 0.0229. The molecule has 0 aliphatic heterocycles. The lowest BCUT2D eigenvalue weighted by Crippen LogP contribution is -2.05. The number of para-hydroxylation sites is 1. The largest absolute Gasteiger partial charge is 0.496 e. The second-order valence-corrected chi connectivity index (χ2v) is 7.11. The first-order chi connectivity index (χ1) is 11.8. The van der Waals surface area contributed by atoms with Crippen LogP contribution in [-0.2, 0) is 6.42 Å². The van der Waals surface area contributed by atoms with E-state index < -0.39 is 0 Å². The number of hydrogen-bond acceptors (Lipinski definition) is 5. The fourth-order valence-electron chi connectivity index (χ4n) is 3.18. The number of hydrogen-bond donors (Lipinski definition) is 1. The van der Waals surface area contributed by atoms with Gasteiger partial charge in [0.1, 0.15) is 11.6 Å². The maximum Gasteiger partial charge on any atom is 0.208 e. The number of Topliss-reactive ketones (excluding diaryl/α,β-unsaturated/α-hetero) is 1. The van der Waals surface area contributed by atoms with Gasteiger partial charge >= 0.3 is 0 Å². The van der Waals surface area contributed by atoms with Crippen LogP contribution in [0.5, 0.6) is 5.75 Å². The maximum absolute atomic E-state index is 12.3. The Labute approximate surface area is 146 Å². The van der Waals surface area contributed by atoms with Crippen molar-refractivity contribution in [3.8, 4) is 5.75 Å². The molecule has 0 saturated heterocycles. The van der Waals surface area contributed by atoms with Crippen molar-refractivity contribution in [2.24, 2.45) is 5.92 Å². The Morgan fingerprint density at radius 2 is 2.12 bits per heavy atom. The van der Waals surface area contributed by atoms with E-state index in [-0.39, 0.29) is 5.78 Å². The molecule has 1 aliphatic carbocycles. The SMILES string of the molecule is COc1ccccc1C(=O)CSc1n[nH]c(CCC2CCCC2)n1. The third-order valence-corrected chi connectivity index (χ3v) is 5.36. The van der Waals surface area contributed by atoms with Crippen LogP contribution >= 0.6 is 11.8 Å². The topological polar surface area (TPSA) is 67.9 Å². The van der Waals surface area contributed by atoms with E-state index in [4.69, 9.17) is 4.74 Å². The summed E-state index contributed by atoms with van der Waals surface area (Å²) in [5, 5.41) is 7.85. The van der Waals surface area contributed by atoms with Crippen LogP contribution in [0, 0.1) is 5.92 Å². The lowest BCUT2D eigenvalue weighted by Gasteiger charge is -2.06. The molecule has 1 heterocycles. The number of benzene rings is 1. The summed E-state index contributed by atoms with van der Waals surface area (Å²) in [6.45, 7) is 0. The van der Waals surface area contributed by atoms with Gasteiger partial charge in [-0.05, 0) is 24.5 Å². The van der Waals surface area contributed by atoms with E-state index in [1.807, 2.05) is 12.1 Å². The Hall–Kier alpha value is -1.82. The molecule has 0 amide bonds. The van der Waals surface area contributed by atoms with E-state index in [1.54, 1.807) is 19.2 Å². The lowest BCUT2D eigenvalue weighted by atomic mass is 10.0. The third-order valence-electron chi connectivity index (χ3n) is 4.52. The number of carbonyl (C=O) groups excluding carboxylic acids is 1. The van der Waals surface area contributed by atoms with E-state index in [0.29, 0.717) is 22.2 Å². The first-order valence-electron chi connectivity index (χ1n) is 8.46.